The number of pyridine rings is 2. The first-order valence-corrected chi connectivity index (χ1v) is 31.0. The van der Waals surface area contributed by atoms with Crippen molar-refractivity contribution in [1.29, 1.82) is 0 Å². The Morgan fingerprint density at radius 3 is 2.55 bits per heavy atom. The van der Waals surface area contributed by atoms with Crippen molar-refractivity contribution in [2.75, 3.05) is 92.4 Å². The van der Waals surface area contributed by atoms with Crippen LogP contribution in [0.5, 0.6) is 23.1 Å². The molecule has 10 heterocycles. The van der Waals surface area contributed by atoms with E-state index in [4.69, 9.17) is 33.4 Å². The number of aromatic amines is 1. The molecule has 436 valence electrons. The number of nitrogens with one attached hydrogen (secondary N) is 3. The van der Waals surface area contributed by atoms with E-state index in [1.54, 1.807) is 6.07 Å². The zero-order chi connectivity index (χ0) is 56.6. The molecule has 1 saturated carbocycles. The molecule has 3 aromatic carbocycles. The van der Waals surface area contributed by atoms with E-state index < -0.39 is 37.5 Å². The summed E-state index contributed by atoms with van der Waals surface area (Å²) in [6.07, 6.45) is 13.5. The summed E-state index contributed by atoms with van der Waals surface area (Å²) in [7, 11) is -4.72. The monoisotopic (exact) mass is 1150 g/mol. The predicted octanol–water partition coefficient (Wildman–Crippen LogP) is 8.70. The molecule has 0 bridgehead atoms. The maximum Gasteiger partial charge on any atom is 0.297 e. The van der Waals surface area contributed by atoms with Gasteiger partial charge in [-0.1, -0.05) is 18.2 Å². The fraction of sp³-hybridized carbons (Fsp3) is 0.492. The molecule has 4 saturated heterocycles. The number of anilines is 5. The highest BCUT2D eigenvalue weighted by molar-refractivity contribution is 7.90. The van der Waals surface area contributed by atoms with Crippen LogP contribution < -0.4 is 43.7 Å². The Hall–Kier alpha value is -7.40. The van der Waals surface area contributed by atoms with Crippen LogP contribution >= 0.6 is 0 Å². The highest BCUT2D eigenvalue weighted by Gasteiger charge is 2.51. The van der Waals surface area contributed by atoms with E-state index in [0.717, 1.165) is 118 Å². The molecule has 14 rings (SSSR count). The second kappa shape index (κ2) is 21.7. The molecule has 0 unspecified atom stereocenters. The molecule has 1 spiro atoms. The summed E-state index contributed by atoms with van der Waals surface area (Å²) < 4.78 is 68.2. The third kappa shape index (κ3) is 10.1. The molecule has 3 N–H and O–H groups in total. The number of hydrogen-bond donors (Lipinski definition) is 3. The summed E-state index contributed by atoms with van der Waals surface area (Å²) in [5.41, 5.74) is 5.98. The molecule has 7 aliphatic heterocycles. The summed E-state index contributed by atoms with van der Waals surface area (Å²) in [4.78, 5) is 48.9. The van der Waals surface area contributed by atoms with E-state index in [1.165, 1.54) is 17.2 Å². The Morgan fingerprint density at radius 2 is 1.72 bits per heavy atom. The Labute approximate surface area is 482 Å². The van der Waals surface area contributed by atoms with Crippen molar-refractivity contribution in [2.45, 2.75) is 113 Å². The number of H-pyrrole nitrogens is 1. The molecular formula is C61H70N10O11S. The van der Waals surface area contributed by atoms with Crippen molar-refractivity contribution >= 4 is 61.1 Å². The normalized spacial score (nSPS) is 23.6. The van der Waals surface area contributed by atoms with Gasteiger partial charge in [0.05, 0.1) is 70.4 Å². The smallest absolute Gasteiger partial charge is 0.297 e. The lowest BCUT2D eigenvalue weighted by atomic mass is 9.59. The van der Waals surface area contributed by atoms with Crippen LogP contribution in [0.3, 0.4) is 0 Å². The topological polar surface area (TPSA) is 228 Å². The summed E-state index contributed by atoms with van der Waals surface area (Å²) in [5, 5.41) is 16.7. The quantitative estimate of drug-likeness (QED) is 0.0769. The van der Waals surface area contributed by atoms with E-state index in [0.29, 0.717) is 61.8 Å². The number of rotatable bonds is 12. The first-order chi connectivity index (χ1) is 40.3. The first-order valence-electron chi connectivity index (χ1n) is 29.5. The Bertz CT molecular complexity index is 3580. The SMILES string of the molecule is CC(C)Oc1ccccc1[C@@H]1CN(c2cncc3c2OCCC3)CCN1C1CC2(CCN(c3ccc(C(=O)NS(=O)(=O)c4cc5c(c([N+](=O)[O-])c4)N[C@H](C4CCOCC4)CO5)c(N4c5cc6cc[nH]c6nc5O[C@H]5COCC[C@@H]54)c3)CC2)C1. The van der Waals surface area contributed by atoms with Gasteiger partial charge in [-0.05, 0) is 119 Å². The van der Waals surface area contributed by atoms with Gasteiger partial charge in [-0.2, -0.15) is 4.98 Å². The number of aromatic nitrogens is 3. The van der Waals surface area contributed by atoms with Gasteiger partial charge in [0.15, 0.2) is 11.4 Å². The molecule has 21 nitrogen and oxygen atoms in total. The predicted molar refractivity (Wildman–Crippen MR) is 311 cm³/mol. The van der Waals surface area contributed by atoms with Gasteiger partial charge < -0.3 is 53.4 Å². The highest BCUT2D eigenvalue weighted by Crippen LogP contribution is 2.55. The van der Waals surface area contributed by atoms with Crippen LogP contribution in [0.4, 0.5) is 34.1 Å². The zero-order valence-corrected chi connectivity index (χ0v) is 47.6. The number of carbonyl (C=O) groups is 1. The number of fused-ring (bicyclic) bond motifs is 5. The number of hydrogen-bond acceptors (Lipinski definition) is 18. The van der Waals surface area contributed by atoms with Crippen LogP contribution in [-0.2, 0) is 25.9 Å². The second-order valence-electron chi connectivity index (χ2n) is 24.0. The maximum absolute atomic E-state index is 15.0. The van der Waals surface area contributed by atoms with E-state index in [2.05, 4.69) is 77.7 Å². The molecule has 1 amide bonds. The Kier molecular flexibility index (Phi) is 14.0. The van der Waals surface area contributed by atoms with E-state index in [9.17, 15) is 23.3 Å². The molecule has 83 heavy (non-hydrogen) atoms. The number of nitro groups is 1. The molecule has 0 radical (unpaired) electrons. The molecule has 8 aliphatic rings. The number of nitrogens with zero attached hydrogens (tertiary/aromatic N) is 7. The van der Waals surface area contributed by atoms with Crippen LogP contribution in [0.25, 0.3) is 11.0 Å². The van der Waals surface area contributed by atoms with Crippen LogP contribution in [0.1, 0.15) is 92.7 Å². The van der Waals surface area contributed by atoms with Crippen LogP contribution in [-0.4, -0.2) is 142 Å². The van der Waals surface area contributed by atoms with Gasteiger partial charge in [0.1, 0.15) is 35.5 Å². The fourth-order valence-corrected chi connectivity index (χ4v) is 15.4. The third-order valence-corrected chi connectivity index (χ3v) is 20.0. The summed E-state index contributed by atoms with van der Waals surface area (Å²) >= 11 is 0. The molecule has 6 aromatic rings. The number of para-hydroxylation sites is 1. The van der Waals surface area contributed by atoms with Gasteiger partial charge in [-0.25, -0.2) is 13.1 Å². The largest absolute Gasteiger partial charge is 0.491 e. The number of benzene rings is 3. The first kappa shape index (κ1) is 53.6. The molecule has 4 atom stereocenters. The highest BCUT2D eigenvalue weighted by atomic mass is 32.2. The lowest BCUT2D eigenvalue weighted by Crippen LogP contribution is -2.60. The average molecular weight is 1150 g/mol. The number of ether oxygens (including phenoxy) is 6. The lowest BCUT2D eigenvalue weighted by Gasteiger charge is -2.58. The number of piperazine rings is 1. The van der Waals surface area contributed by atoms with E-state index >= 15 is 0 Å². The minimum atomic E-state index is -4.72. The van der Waals surface area contributed by atoms with Crippen LogP contribution in [0.15, 0.2) is 90.2 Å². The number of carbonyl (C=O) groups excluding carboxylic acids is 1. The minimum absolute atomic E-state index is 0.0237. The van der Waals surface area contributed by atoms with Crippen molar-refractivity contribution in [3.05, 3.63) is 112 Å². The van der Waals surface area contributed by atoms with Gasteiger partial charge in [0, 0.05) is 105 Å². The number of aryl methyl sites for hydroxylation is 1. The molecule has 3 aromatic heterocycles. The number of nitro benzene ring substituents is 1. The minimum Gasteiger partial charge on any atom is -0.491 e. The van der Waals surface area contributed by atoms with Crippen LogP contribution in [0.2, 0.25) is 0 Å². The van der Waals surface area contributed by atoms with Crippen LogP contribution in [0, 0.1) is 21.4 Å². The summed E-state index contributed by atoms with van der Waals surface area (Å²) in [6, 6.07) is 20.2. The van der Waals surface area contributed by atoms with Gasteiger partial charge in [-0.3, -0.25) is 24.8 Å². The molecular weight excluding hydrogens is 1080 g/mol. The van der Waals surface area contributed by atoms with Gasteiger partial charge in [-0.15, -0.1) is 0 Å². The Balaban J connectivity index is 0.743. The van der Waals surface area contributed by atoms with Crippen molar-refractivity contribution in [3.8, 4) is 23.1 Å². The maximum atomic E-state index is 15.0. The van der Waals surface area contributed by atoms with Gasteiger partial charge >= 0.3 is 0 Å². The average Bonchev–Trinajstić information content (AvgIpc) is 4.22. The fourth-order valence-electron chi connectivity index (χ4n) is 14.4. The van der Waals surface area contributed by atoms with Crippen molar-refractivity contribution < 1.29 is 46.6 Å². The van der Waals surface area contributed by atoms with Gasteiger partial charge in [0.25, 0.3) is 21.6 Å². The number of amides is 1. The molecule has 5 fully saturated rings. The second-order valence-corrected chi connectivity index (χ2v) is 25.6. The van der Waals surface area contributed by atoms with Gasteiger partial charge in [0.2, 0.25) is 5.88 Å². The van der Waals surface area contributed by atoms with E-state index in [-0.39, 0.29) is 65.8 Å². The number of sulfonamides is 1. The van der Waals surface area contributed by atoms with E-state index in [1.807, 2.05) is 42.9 Å². The summed E-state index contributed by atoms with van der Waals surface area (Å²) in [5.74, 6) is 1.53. The lowest BCUT2D eigenvalue weighted by molar-refractivity contribution is -0.384. The molecule has 1 aliphatic carbocycles. The van der Waals surface area contributed by atoms with Crippen molar-refractivity contribution in [1.82, 2.24) is 24.6 Å². The zero-order valence-electron chi connectivity index (χ0n) is 46.8. The molecule has 22 heteroatoms. The number of piperidine rings is 1. The standard InChI is InChI=1S/C61H70N10O11S/c1-37(2)81-53-8-4-3-7-44(53)52-34-68(51-33-62-32-40-6-5-22-79-57(40)51)20-21-69(52)42-30-61(31-42)15-18-67(19-16-61)41-9-10-45(48(27-41)70-47-14-25-78-36-55(47)82-60-50(70)26-39-11-17-63-58(39)65-60)59(72)66-83(75,76)43-28-49(71(73)74)56-54(29-43)80-35-46(64-56)38-12-23-77-24-13-38/h3-4,7-11,17,26-29,32-33,37-38,42,46-47,52,55,64H,5-6,12-16,18-25,30-31,34-36H2,1-2H3,(H,63,65)(H,66,72)/t46-,47-,52-,55-/m0/s1. The third-order valence-electron chi connectivity index (χ3n) is 18.6. The van der Waals surface area contributed by atoms with Crippen molar-refractivity contribution in [3.63, 3.8) is 0 Å². The van der Waals surface area contributed by atoms with Crippen molar-refractivity contribution in [2.24, 2.45) is 11.3 Å². The summed E-state index contributed by atoms with van der Waals surface area (Å²) in [6.45, 7) is 11.1. The Morgan fingerprint density at radius 1 is 0.892 bits per heavy atom.